The van der Waals surface area contributed by atoms with Gasteiger partial charge in [-0.25, -0.2) is 0 Å². The predicted molar refractivity (Wildman–Crippen MR) is 231 cm³/mol. The number of ketones is 1. The van der Waals surface area contributed by atoms with Crippen molar-refractivity contribution in [3.63, 3.8) is 0 Å². The number of hydrogen-bond acceptors (Lipinski definition) is 8. The number of aliphatic carboxylic acids is 1. The Balaban J connectivity index is 1.38. The first-order chi connectivity index (χ1) is 29.4. The second kappa shape index (κ2) is 20.9. The quantitative estimate of drug-likeness (QED) is 0.115. The van der Waals surface area contributed by atoms with Crippen molar-refractivity contribution >= 4 is 58.3 Å². The van der Waals surface area contributed by atoms with Gasteiger partial charge in [-0.2, -0.15) is 0 Å². The molecule has 2 aliphatic heterocycles. The molecule has 61 heavy (non-hydrogen) atoms. The van der Waals surface area contributed by atoms with Gasteiger partial charge in [-0.1, -0.05) is 103 Å². The molecule has 0 fully saturated rings. The van der Waals surface area contributed by atoms with Gasteiger partial charge in [0.1, 0.15) is 18.1 Å². The standard InChI is InChI=1S/C47H47N5O8S/c1-29(53)48-41-28-43(55)49-36-20-16-31(17-21-36)23-35(47(59)60)26-42(54)38(24-30-9-4-2-5-10-30)50-44(56)39(25-32-14-18-34(19-15-32)33-11-6-3-7-12-33)51-45(57)40(52-46(41)58)27-37-13-8-22-61-37/h2-22,35,38-41H,23-28H2,1H3,(H,48,53)(H,49,55)(H,50,56)(H,51,57)(H,52,58)(H,59,60)/t35-,38-,39+,40-,41+/m1/s1. The average molecular weight is 842 g/mol. The van der Waals surface area contributed by atoms with Gasteiger partial charge in [-0.15, -0.1) is 11.3 Å². The second-order valence-corrected chi connectivity index (χ2v) is 16.1. The number of carbonyl (C=O) groups is 7. The minimum absolute atomic E-state index is 0.0131. The highest BCUT2D eigenvalue weighted by atomic mass is 32.1. The van der Waals surface area contributed by atoms with Gasteiger partial charge in [-0.05, 0) is 64.2 Å². The molecule has 0 aliphatic carbocycles. The van der Waals surface area contributed by atoms with Gasteiger partial charge in [0.15, 0.2) is 5.78 Å². The summed E-state index contributed by atoms with van der Waals surface area (Å²) in [5, 5.41) is 25.7. The number of carbonyl (C=O) groups excluding carboxylic acids is 6. The summed E-state index contributed by atoms with van der Waals surface area (Å²) in [6.45, 7) is 1.20. The van der Waals surface area contributed by atoms with E-state index in [4.69, 9.17) is 0 Å². The van der Waals surface area contributed by atoms with Crippen LogP contribution in [0.4, 0.5) is 5.69 Å². The molecule has 2 bridgehead atoms. The van der Waals surface area contributed by atoms with E-state index in [2.05, 4.69) is 26.6 Å². The summed E-state index contributed by atoms with van der Waals surface area (Å²) in [4.78, 5) is 95.8. The van der Waals surface area contributed by atoms with Crippen LogP contribution in [0.15, 0.2) is 127 Å². The molecular formula is C47H47N5O8S. The Bertz CT molecular complexity index is 2320. The zero-order valence-corrected chi connectivity index (χ0v) is 34.3. The summed E-state index contributed by atoms with van der Waals surface area (Å²) in [6, 6.07) is 31.1. The maximum atomic E-state index is 14.5. The number of nitrogens with one attached hydrogen (secondary N) is 5. The first-order valence-corrected chi connectivity index (χ1v) is 20.8. The highest BCUT2D eigenvalue weighted by Gasteiger charge is 2.34. The van der Waals surface area contributed by atoms with E-state index < -0.39 is 84.2 Å². The van der Waals surface area contributed by atoms with E-state index in [9.17, 15) is 38.7 Å². The van der Waals surface area contributed by atoms with Crippen molar-refractivity contribution < 1.29 is 38.7 Å². The summed E-state index contributed by atoms with van der Waals surface area (Å²) in [7, 11) is 0. The van der Waals surface area contributed by atoms with E-state index in [1.165, 1.54) is 18.3 Å². The molecule has 3 heterocycles. The van der Waals surface area contributed by atoms with E-state index >= 15 is 0 Å². The smallest absolute Gasteiger partial charge is 0.307 e. The summed E-state index contributed by atoms with van der Waals surface area (Å²) in [6.07, 6.45) is -0.831. The Labute approximate surface area is 357 Å². The van der Waals surface area contributed by atoms with Crippen LogP contribution >= 0.6 is 11.3 Å². The van der Waals surface area contributed by atoms with Gasteiger partial charge < -0.3 is 31.7 Å². The fraction of sp³-hybridized carbons (Fsp3) is 0.255. The number of carboxylic acids is 1. The van der Waals surface area contributed by atoms with Crippen molar-refractivity contribution in [2.45, 2.75) is 69.6 Å². The molecule has 314 valence electrons. The average Bonchev–Trinajstić information content (AvgIpc) is 3.76. The van der Waals surface area contributed by atoms with Crippen molar-refractivity contribution in [2.75, 3.05) is 5.32 Å². The third-order valence-corrected chi connectivity index (χ3v) is 11.2. The van der Waals surface area contributed by atoms with E-state index in [0.717, 1.165) is 21.6 Å². The summed E-state index contributed by atoms with van der Waals surface area (Å²) >= 11 is 1.35. The molecule has 0 saturated carbocycles. The van der Waals surface area contributed by atoms with Gasteiger partial charge in [-0.3, -0.25) is 33.6 Å². The van der Waals surface area contributed by atoms with Crippen molar-refractivity contribution in [3.8, 4) is 11.1 Å². The number of Topliss-reactive ketones (excluding diaryl/α,β-unsaturated/α-hetero) is 1. The van der Waals surface area contributed by atoms with Crippen LogP contribution in [-0.4, -0.2) is 70.6 Å². The Morgan fingerprint density at radius 1 is 0.623 bits per heavy atom. The summed E-state index contributed by atoms with van der Waals surface area (Å²) in [5.74, 6) is -6.27. The highest BCUT2D eigenvalue weighted by molar-refractivity contribution is 7.09. The fourth-order valence-corrected chi connectivity index (χ4v) is 7.90. The summed E-state index contributed by atoms with van der Waals surface area (Å²) in [5.41, 5.74) is 4.26. The lowest BCUT2D eigenvalue weighted by Gasteiger charge is -2.27. The molecule has 14 heteroatoms. The lowest BCUT2D eigenvalue weighted by atomic mass is 9.90. The van der Waals surface area contributed by atoms with Gasteiger partial charge in [0.25, 0.3) is 0 Å². The SMILES string of the molecule is CC(=O)N[C@H]1CC(=O)Nc2ccc(cc2)C[C@@H](C(=O)O)CC(=O)[C@@H](Cc2ccccc2)NC(=O)[C@H](Cc2ccc(-c3ccccc3)cc2)NC(=O)[C@@H](Cc2cccs2)NC1=O. The highest BCUT2D eigenvalue weighted by Crippen LogP contribution is 2.22. The van der Waals surface area contributed by atoms with Crippen molar-refractivity contribution in [1.29, 1.82) is 0 Å². The molecule has 5 aromatic rings. The van der Waals surface area contributed by atoms with E-state index in [1.807, 2.05) is 66.0 Å². The molecule has 13 nitrogen and oxygen atoms in total. The van der Waals surface area contributed by atoms with Crippen LogP contribution in [0.3, 0.4) is 0 Å². The Morgan fingerprint density at radius 3 is 1.82 bits per heavy atom. The zero-order chi connectivity index (χ0) is 43.3. The maximum absolute atomic E-state index is 14.5. The lowest BCUT2D eigenvalue weighted by Crippen LogP contribution is -2.59. The van der Waals surface area contributed by atoms with Crippen molar-refractivity contribution in [2.24, 2.45) is 5.92 Å². The van der Waals surface area contributed by atoms with E-state index in [1.54, 1.807) is 60.7 Å². The fourth-order valence-electron chi connectivity index (χ4n) is 7.15. The van der Waals surface area contributed by atoms with Crippen molar-refractivity contribution in [3.05, 3.63) is 148 Å². The minimum Gasteiger partial charge on any atom is -0.481 e. The predicted octanol–water partition coefficient (Wildman–Crippen LogP) is 4.65. The Morgan fingerprint density at radius 2 is 1.20 bits per heavy atom. The molecule has 4 aromatic carbocycles. The third-order valence-electron chi connectivity index (χ3n) is 10.3. The maximum Gasteiger partial charge on any atom is 0.307 e. The van der Waals surface area contributed by atoms with Gasteiger partial charge in [0.05, 0.1) is 18.4 Å². The number of hydrogen-bond donors (Lipinski definition) is 6. The van der Waals surface area contributed by atoms with Gasteiger partial charge in [0, 0.05) is 36.8 Å². The molecule has 0 saturated heterocycles. The van der Waals surface area contributed by atoms with Crippen molar-refractivity contribution in [1.82, 2.24) is 21.3 Å². The number of benzene rings is 4. The number of carboxylic acid groups (broad SMARTS) is 1. The van der Waals surface area contributed by atoms with Crippen LogP contribution < -0.4 is 26.6 Å². The van der Waals surface area contributed by atoms with E-state index in [0.29, 0.717) is 16.8 Å². The second-order valence-electron chi connectivity index (χ2n) is 15.0. The molecule has 0 radical (unpaired) electrons. The molecule has 5 atom stereocenters. The molecule has 0 unspecified atom stereocenters. The first kappa shape index (κ1) is 43.6. The molecule has 0 spiro atoms. The number of rotatable bonds is 9. The van der Waals surface area contributed by atoms with E-state index in [-0.39, 0.29) is 25.7 Å². The number of amides is 5. The van der Waals surface area contributed by atoms with Crippen LogP contribution in [0.25, 0.3) is 11.1 Å². The molecule has 6 N–H and O–H groups in total. The number of thiophene rings is 1. The largest absolute Gasteiger partial charge is 0.481 e. The Kier molecular flexibility index (Phi) is 14.9. The van der Waals surface area contributed by atoms with Crippen LogP contribution in [0.5, 0.6) is 0 Å². The normalized spacial score (nSPS) is 20.6. The number of anilines is 1. The van der Waals surface area contributed by atoms with Crippen LogP contribution in [0.2, 0.25) is 0 Å². The Hall–Kier alpha value is -6.93. The van der Waals surface area contributed by atoms with Gasteiger partial charge >= 0.3 is 5.97 Å². The monoisotopic (exact) mass is 841 g/mol. The van der Waals surface area contributed by atoms with Crippen LogP contribution in [-0.2, 0) is 59.2 Å². The van der Waals surface area contributed by atoms with Crippen LogP contribution in [0.1, 0.15) is 41.3 Å². The molecule has 7 rings (SSSR count). The minimum atomic E-state index is -1.37. The topological polar surface area (TPSA) is 200 Å². The summed E-state index contributed by atoms with van der Waals surface area (Å²) < 4.78 is 0. The molecule has 2 aliphatic rings. The van der Waals surface area contributed by atoms with Crippen LogP contribution in [0, 0.1) is 5.92 Å². The number of fused-ring (bicyclic) bond motifs is 18. The third kappa shape index (κ3) is 12.8. The molecule has 5 amide bonds. The molecular weight excluding hydrogens is 795 g/mol. The first-order valence-electron chi connectivity index (χ1n) is 19.9. The van der Waals surface area contributed by atoms with Gasteiger partial charge in [0.2, 0.25) is 29.5 Å². The lowest BCUT2D eigenvalue weighted by molar-refractivity contribution is -0.144. The zero-order valence-electron chi connectivity index (χ0n) is 33.5. The molecule has 1 aromatic heterocycles.